The summed E-state index contributed by atoms with van der Waals surface area (Å²) < 4.78 is -0.725. The normalized spacial score (nSPS) is 11.8. The van der Waals surface area contributed by atoms with Crippen molar-refractivity contribution in [3.05, 3.63) is 35.4 Å². The molecule has 0 N–H and O–H groups in total. The van der Waals surface area contributed by atoms with Crippen molar-refractivity contribution in [2.45, 2.75) is 69.5 Å². The molecule has 0 heterocycles. The zero-order valence-corrected chi connectivity index (χ0v) is 13.7. The second kappa shape index (κ2) is 8.87. The maximum atomic E-state index is 6.44. The second-order valence-corrected chi connectivity index (χ2v) is 6.93. The van der Waals surface area contributed by atoms with Crippen molar-refractivity contribution in [2.75, 3.05) is 0 Å². The van der Waals surface area contributed by atoms with Crippen LogP contribution in [0, 0.1) is 6.92 Å². The fraction of sp³-hybridized carbons (Fsp3) is 0.647. The average molecular weight is 301 g/mol. The number of alkyl halides is 2. The summed E-state index contributed by atoms with van der Waals surface area (Å²) in [6, 6.07) is 8.21. The number of hydrogen-bond donors (Lipinski definition) is 0. The monoisotopic (exact) mass is 300 g/mol. The molecule has 1 aromatic rings. The van der Waals surface area contributed by atoms with Crippen LogP contribution < -0.4 is 0 Å². The average Bonchev–Trinajstić information content (AvgIpc) is 2.38. The van der Waals surface area contributed by atoms with E-state index in [0.717, 1.165) is 18.4 Å². The molecule has 0 bridgehead atoms. The molecule has 0 amide bonds. The van der Waals surface area contributed by atoms with Gasteiger partial charge < -0.3 is 0 Å². The van der Waals surface area contributed by atoms with Crippen molar-refractivity contribution in [3.8, 4) is 0 Å². The van der Waals surface area contributed by atoms with E-state index in [-0.39, 0.29) is 0 Å². The topological polar surface area (TPSA) is 0 Å². The minimum absolute atomic E-state index is 0.725. The Morgan fingerprint density at radius 1 is 0.842 bits per heavy atom. The van der Waals surface area contributed by atoms with Gasteiger partial charge in [-0.15, -0.1) is 0 Å². The first kappa shape index (κ1) is 16.9. The standard InChI is InChI=1S/C17H26Cl2/c1-3-4-5-6-7-8-9-14-17(18,19)16-12-10-15(2)11-13-16/h10-13H,3-9,14H2,1-2H3. The van der Waals surface area contributed by atoms with Crippen molar-refractivity contribution >= 4 is 23.2 Å². The van der Waals surface area contributed by atoms with Gasteiger partial charge in [-0.1, -0.05) is 105 Å². The molecule has 0 aliphatic carbocycles. The van der Waals surface area contributed by atoms with Gasteiger partial charge >= 0.3 is 0 Å². The van der Waals surface area contributed by atoms with Crippen molar-refractivity contribution in [1.82, 2.24) is 0 Å². The molecule has 0 nitrogen and oxygen atoms in total. The van der Waals surface area contributed by atoms with Crippen LogP contribution in [0.1, 0.15) is 69.4 Å². The molecule has 0 atom stereocenters. The molecule has 2 heteroatoms. The van der Waals surface area contributed by atoms with Gasteiger partial charge in [0.1, 0.15) is 4.33 Å². The van der Waals surface area contributed by atoms with Gasteiger partial charge in [0.2, 0.25) is 0 Å². The van der Waals surface area contributed by atoms with Crippen LogP contribution in [0.2, 0.25) is 0 Å². The highest BCUT2D eigenvalue weighted by atomic mass is 35.5. The molecule has 0 spiro atoms. The Kier molecular flexibility index (Phi) is 7.87. The van der Waals surface area contributed by atoms with Crippen LogP contribution in [0.3, 0.4) is 0 Å². The van der Waals surface area contributed by atoms with Gasteiger partial charge in [0.15, 0.2) is 0 Å². The minimum Gasteiger partial charge on any atom is -0.0963 e. The summed E-state index contributed by atoms with van der Waals surface area (Å²) in [5, 5.41) is 0. The molecule has 1 rings (SSSR count). The summed E-state index contributed by atoms with van der Waals surface area (Å²) in [7, 11) is 0. The molecule has 0 radical (unpaired) electrons. The molecule has 0 fully saturated rings. The Bertz CT molecular complexity index is 341. The largest absolute Gasteiger partial charge is 0.143 e. The predicted octanol–water partition coefficient (Wildman–Crippen LogP) is 6.77. The van der Waals surface area contributed by atoms with Crippen molar-refractivity contribution in [2.24, 2.45) is 0 Å². The first-order chi connectivity index (χ1) is 9.06. The van der Waals surface area contributed by atoms with Gasteiger partial charge in [-0.3, -0.25) is 0 Å². The zero-order valence-electron chi connectivity index (χ0n) is 12.2. The lowest BCUT2D eigenvalue weighted by Gasteiger charge is -2.20. The smallest absolute Gasteiger partial charge is 0.0963 e. The Labute approximate surface area is 128 Å². The lowest BCUT2D eigenvalue weighted by molar-refractivity contribution is 0.561. The lowest BCUT2D eigenvalue weighted by atomic mass is 10.0. The molecule has 0 aliphatic rings. The third-order valence-corrected chi connectivity index (χ3v) is 4.38. The van der Waals surface area contributed by atoms with E-state index in [1.807, 2.05) is 12.1 Å². The fourth-order valence-corrected chi connectivity index (χ4v) is 2.77. The summed E-state index contributed by atoms with van der Waals surface area (Å²) in [6.07, 6.45) is 9.85. The number of rotatable bonds is 9. The molecule has 0 aromatic heterocycles. The summed E-state index contributed by atoms with van der Waals surface area (Å²) in [6.45, 7) is 4.32. The van der Waals surface area contributed by atoms with Gasteiger partial charge in [-0.2, -0.15) is 0 Å². The minimum atomic E-state index is -0.725. The van der Waals surface area contributed by atoms with Gasteiger partial charge in [0.25, 0.3) is 0 Å². The van der Waals surface area contributed by atoms with Crippen LogP contribution in [0.15, 0.2) is 24.3 Å². The van der Waals surface area contributed by atoms with Crippen LogP contribution in [0.25, 0.3) is 0 Å². The molecule has 19 heavy (non-hydrogen) atoms. The highest BCUT2D eigenvalue weighted by molar-refractivity contribution is 6.48. The van der Waals surface area contributed by atoms with Gasteiger partial charge in [0.05, 0.1) is 0 Å². The number of aryl methyl sites for hydroxylation is 1. The molecule has 0 unspecified atom stereocenters. The molecule has 108 valence electrons. The second-order valence-electron chi connectivity index (χ2n) is 5.44. The zero-order chi connectivity index (χ0) is 14.1. The molecule has 1 aromatic carbocycles. The van der Waals surface area contributed by atoms with Crippen molar-refractivity contribution in [3.63, 3.8) is 0 Å². The van der Waals surface area contributed by atoms with E-state index in [9.17, 15) is 0 Å². The Hall–Kier alpha value is -0.200. The molecule has 0 saturated carbocycles. The third kappa shape index (κ3) is 6.68. The van der Waals surface area contributed by atoms with Crippen LogP contribution in [-0.4, -0.2) is 0 Å². The Balaban J connectivity index is 2.25. The van der Waals surface area contributed by atoms with E-state index in [1.165, 1.54) is 44.1 Å². The van der Waals surface area contributed by atoms with Crippen molar-refractivity contribution in [1.29, 1.82) is 0 Å². The molecule has 0 aliphatic heterocycles. The predicted molar refractivity (Wildman–Crippen MR) is 87.2 cm³/mol. The van der Waals surface area contributed by atoms with E-state index in [1.54, 1.807) is 0 Å². The summed E-state index contributed by atoms with van der Waals surface area (Å²) in [4.78, 5) is 0. The quantitative estimate of drug-likeness (QED) is 0.349. The molecular weight excluding hydrogens is 275 g/mol. The van der Waals surface area contributed by atoms with E-state index in [0.29, 0.717) is 0 Å². The van der Waals surface area contributed by atoms with Gasteiger partial charge in [0, 0.05) is 0 Å². The Morgan fingerprint density at radius 2 is 1.37 bits per heavy atom. The third-order valence-electron chi connectivity index (χ3n) is 3.57. The maximum Gasteiger partial charge on any atom is 0.143 e. The molecular formula is C17H26Cl2. The maximum absolute atomic E-state index is 6.44. The fourth-order valence-electron chi connectivity index (χ4n) is 2.25. The summed E-state index contributed by atoms with van der Waals surface area (Å²) in [5.74, 6) is 0. The number of hydrogen-bond acceptors (Lipinski definition) is 0. The van der Waals surface area contributed by atoms with Crippen LogP contribution >= 0.6 is 23.2 Å². The highest BCUT2D eigenvalue weighted by Gasteiger charge is 2.25. The summed E-state index contributed by atoms with van der Waals surface area (Å²) >= 11 is 12.9. The number of benzene rings is 1. The van der Waals surface area contributed by atoms with Crippen molar-refractivity contribution < 1.29 is 0 Å². The van der Waals surface area contributed by atoms with E-state index >= 15 is 0 Å². The first-order valence-corrected chi connectivity index (χ1v) is 8.27. The van der Waals surface area contributed by atoms with Crippen LogP contribution in [-0.2, 0) is 4.33 Å². The lowest BCUT2D eigenvalue weighted by Crippen LogP contribution is -2.10. The van der Waals surface area contributed by atoms with Gasteiger partial charge in [-0.25, -0.2) is 0 Å². The van der Waals surface area contributed by atoms with E-state index in [4.69, 9.17) is 23.2 Å². The van der Waals surface area contributed by atoms with Crippen LogP contribution in [0.5, 0.6) is 0 Å². The van der Waals surface area contributed by atoms with E-state index in [2.05, 4.69) is 26.0 Å². The Morgan fingerprint density at radius 3 is 1.95 bits per heavy atom. The SMILES string of the molecule is CCCCCCCCCC(Cl)(Cl)c1ccc(C)cc1. The number of halogens is 2. The van der Waals surface area contributed by atoms with Crippen LogP contribution in [0.4, 0.5) is 0 Å². The summed E-state index contributed by atoms with van der Waals surface area (Å²) in [5.41, 5.74) is 2.26. The highest BCUT2D eigenvalue weighted by Crippen LogP contribution is 2.39. The number of unbranched alkanes of at least 4 members (excludes halogenated alkanes) is 6. The van der Waals surface area contributed by atoms with E-state index < -0.39 is 4.33 Å². The van der Waals surface area contributed by atoms with Gasteiger partial charge in [-0.05, 0) is 18.9 Å². The first-order valence-electron chi connectivity index (χ1n) is 7.51. The molecule has 0 saturated heterocycles.